The number of carbonyl (C=O) groups is 12. The molecule has 87 heavy (non-hydrogen) atoms. The number of hydrogen-bond acceptors (Lipinski definition) is 25. The molecule has 0 fully saturated rings. The highest BCUT2D eigenvalue weighted by atomic mass is 32.2. The van der Waals surface area contributed by atoms with Gasteiger partial charge < -0.3 is 14.6 Å². The first-order valence-corrected chi connectivity index (χ1v) is 36.8. The molecule has 478 valence electrons. The first kappa shape index (κ1) is 81.4. The van der Waals surface area contributed by atoms with Gasteiger partial charge in [-0.25, -0.2) is 4.79 Å². The van der Waals surface area contributed by atoms with Crippen LogP contribution in [0.25, 0.3) is 0 Å². The summed E-state index contributed by atoms with van der Waals surface area (Å²) in [4.78, 5) is 128. The first-order valence-electron chi connectivity index (χ1n) is 27.7. The van der Waals surface area contributed by atoms with Crippen molar-refractivity contribution in [2.75, 3.05) is 36.7 Å². The SMILES string of the molecule is CC(C)C1=CCSC1=O.CC(C)C1C=CC(=O)S1.CC1=C(C)C(=O)SC1.CC1=C(O)C(=O)SC1.CC1=CC(=O)SC1=O.CC1=CC(C)SC1=O.CCC1C=CC(=O)S1.CCCC1C=CC(=O)S1.CCOC(=O)C1=CC(=O)SC1C.COC1=CCSC1=O. The standard InChI is InChI=1S/C8H10O3S.3C7H10OS.3C6H8OS.2C5H6O2S.C5H4O2S/c1-3-11-8(10)6-4-7(9)12-5(6)2;1-5(2)6-3-4-9-7(6)8;1-5(2)6-3-4-7(8)9-6;1-2-3-6-4-5-7(8)9-6;1-4-3-8-6(7)5(4)2;1-4-3-5(2)8-6(4)7;1-2-5-3-4-6(7)8-5;1-7-4-2-3-8-5(4)6;1-3-2-8-5(7)4(3)6;1-3-2-4(6)8-5(3)7/h4-5H,3H2,1-2H3;3,5H,4H2,1-2H3;3-6H,1-2H3;4-6H,2-3H2,1H3;3H2,1-2H3;3,5H,1-2H3;3-5H,2H2,1H3;2H,3H2,1H3;6H,2H2,1H3;2H,1H3. The van der Waals surface area contributed by atoms with Crippen molar-refractivity contribution < 1.29 is 72.1 Å². The lowest BCUT2D eigenvalue weighted by molar-refractivity contribution is -0.138. The second-order valence-corrected chi connectivity index (χ2v) is 31.0. The van der Waals surface area contributed by atoms with Crippen LogP contribution in [0.1, 0.15) is 116 Å². The summed E-state index contributed by atoms with van der Waals surface area (Å²) in [7, 11) is 1.51. The summed E-state index contributed by atoms with van der Waals surface area (Å²) in [5.74, 6) is 4.28. The van der Waals surface area contributed by atoms with Gasteiger partial charge >= 0.3 is 5.97 Å². The van der Waals surface area contributed by atoms with Crippen molar-refractivity contribution in [3.63, 3.8) is 0 Å². The molecule has 0 aromatic carbocycles. The zero-order valence-corrected chi connectivity index (χ0v) is 60.0. The fourth-order valence-corrected chi connectivity index (χ4v) is 15.0. The van der Waals surface area contributed by atoms with E-state index in [4.69, 9.17) is 14.6 Å². The maximum absolute atomic E-state index is 11.1. The molecule has 1 N–H and O–H groups in total. The molecular formula is C62H80O15S10. The minimum absolute atomic E-state index is 0.0463. The van der Waals surface area contributed by atoms with Crippen LogP contribution in [0.3, 0.4) is 0 Å². The normalized spacial score (nSPS) is 22.7. The fraction of sp³-hybridized carbons (Fsp3) is 0.484. The van der Waals surface area contributed by atoms with Crippen molar-refractivity contribution in [1.29, 1.82) is 0 Å². The zero-order valence-electron chi connectivity index (χ0n) is 51.8. The molecule has 0 saturated carbocycles. The Hall–Kier alpha value is -3.66. The summed E-state index contributed by atoms with van der Waals surface area (Å²) in [5.41, 5.74) is 5.92. The highest BCUT2D eigenvalue weighted by Crippen LogP contribution is 2.31. The van der Waals surface area contributed by atoms with Gasteiger partial charge in [0.1, 0.15) is 0 Å². The number of thioether (sulfide) groups is 10. The second kappa shape index (κ2) is 43.9. The molecule has 10 heterocycles. The lowest BCUT2D eigenvalue weighted by Crippen LogP contribution is -2.12. The second-order valence-electron chi connectivity index (χ2n) is 19.7. The average Bonchev–Trinajstić information content (AvgIpc) is 4.58. The van der Waals surface area contributed by atoms with E-state index in [2.05, 4.69) is 41.5 Å². The van der Waals surface area contributed by atoms with Crippen LogP contribution in [0.4, 0.5) is 0 Å². The van der Waals surface area contributed by atoms with Gasteiger partial charge in [-0.3, -0.25) is 52.7 Å². The van der Waals surface area contributed by atoms with Crippen LogP contribution in [0.5, 0.6) is 0 Å². The minimum atomic E-state index is -0.372. The smallest absolute Gasteiger partial charge is 0.335 e. The summed E-state index contributed by atoms with van der Waals surface area (Å²) in [6.07, 6.45) is 22.8. The number of hydrogen-bond donors (Lipinski definition) is 1. The summed E-state index contributed by atoms with van der Waals surface area (Å²) >= 11 is 12.8. The van der Waals surface area contributed by atoms with Gasteiger partial charge in [-0.2, -0.15) is 0 Å². The van der Waals surface area contributed by atoms with Crippen molar-refractivity contribution in [2.45, 2.75) is 142 Å². The van der Waals surface area contributed by atoms with E-state index in [-0.39, 0.29) is 73.2 Å². The monoisotopic (exact) mass is 1380 g/mol. The molecule has 10 aliphatic heterocycles. The third-order valence-electron chi connectivity index (χ3n) is 11.9. The molecule has 25 heteroatoms. The topological polar surface area (TPSA) is 244 Å². The van der Waals surface area contributed by atoms with Crippen LogP contribution in [0, 0.1) is 11.8 Å². The molecule has 10 aliphatic rings. The zero-order chi connectivity index (χ0) is 66.1. The van der Waals surface area contributed by atoms with Crippen LogP contribution in [-0.4, -0.2) is 130 Å². The molecule has 0 radical (unpaired) electrons. The fourth-order valence-electron chi connectivity index (χ4n) is 6.75. The van der Waals surface area contributed by atoms with Crippen LogP contribution in [0.15, 0.2) is 117 Å². The summed E-state index contributed by atoms with van der Waals surface area (Å²) in [6, 6.07) is 0. The Morgan fingerprint density at radius 1 is 0.598 bits per heavy atom. The van der Waals surface area contributed by atoms with Crippen molar-refractivity contribution in [3.8, 4) is 0 Å². The van der Waals surface area contributed by atoms with Gasteiger partial charge in [-0.05, 0) is 122 Å². The summed E-state index contributed by atoms with van der Waals surface area (Å²) in [5, 5.41) is 11.4. The number of carbonyl (C=O) groups excluding carboxylic acids is 12. The van der Waals surface area contributed by atoms with Crippen molar-refractivity contribution in [3.05, 3.63) is 117 Å². The van der Waals surface area contributed by atoms with Crippen LogP contribution in [0.2, 0.25) is 0 Å². The molecule has 15 nitrogen and oxygen atoms in total. The highest BCUT2D eigenvalue weighted by Gasteiger charge is 2.28. The van der Waals surface area contributed by atoms with E-state index in [1.165, 1.54) is 107 Å². The number of aliphatic hydroxyl groups is 1. The largest absolute Gasteiger partial charge is 0.504 e. The van der Waals surface area contributed by atoms with Gasteiger partial charge in [-0.15, -0.1) is 0 Å². The van der Waals surface area contributed by atoms with Gasteiger partial charge in [-0.1, -0.05) is 190 Å². The van der Waals surface area contributed by atoms with Gasteiger partial charge in [0.05, 0.1) is 19.3 Å². The third-order valence-corrected chi connectivity index (χ3v) is 22.1. The van der Waals surface area contributed by atoms with E-state index in [1.54, 1.807) is 45.1 Å². The van der Waals surface area contributed by atoms with E-state index < -0.39 is 0 Å². The first-order chi connectivity index (χ1) is 40.9. The van der Waals surface area contributed by atoms with E-state index in [0.717, 1.165) is 94.1 Å². The maximum Gasteiger partial charge on any atom is 0.335 e. The molecule has 0 amide bonds. The highest BCUT2D eigenvalue weighted by molar-refractivity contribution is 8.27. The van der Waals surface area contributed by atoms with E-state index in [9.17, 15) is 57.5 Å². The number of ether oxygens (including phenoxy) is 2. The molecule has 0 saturated heterocycles. The molecule has 0 aliphatic carbocycles. The van der Waals surface area contributed by atoms with E-state index in [1.807, 2.05) is 65.0 Å². The minimum Gasteiger partial charge on any atom is -0.504 e. The molecule has 10 rings (SSSR count). The van der Waals surface area contributed by atoms with Crippen molar-refractivity contribution in [2.24, 2.45) is 11.8 Å². The summed E-state index contributed by atoms with van der Waals surface area (Å²) < 4.78 is 9.49. The number of aliphatic hydroxyl groups excluding tert-OH is 1. The van der Waals surface area contributed by atoms with Crippen molar-refractivity contribution in [1.82, 2.24) is 0 Å². The Balaban J connectivity index is 0.000000484. The predicted molar refractivity (Wildman–Crippen MR) is 372 cm³/mol. The van der Waals surface area contributed by atoms with E-state index in [0.29, 0.717) is 62.1 Å². The number of methoxy groups -OCH3 is 1. The Kier molecular flexibility index (Phi) is 41.1. The number of rotatable bonds is 8. The molecule has 0 bridgehead atoms. The molecule has 0 aromatic heterocycles. The molecule has 0 aromatic rings. The molecule has 5 atom stereocenters. The van der Waals surface area contributed by atoms with Crippen LogP contribution >= 0.6 is 118 Å². The Labute approximate surface area is 555 Å². The van der Waals surface area contributed by atoms with Gasteiger partial charge in [0.25, 0.3) is 10.2 Å². The van der Waals surface area contributed by atoms with Gasteiger partial charge in [0, 0.05) is 83.7 Å². The van der Waals surface area contributed by atoms with Crippen molar-refractivity contribution >= 4 is 180 Å². The van der Waals surface area contributed by atoms with Crippen LogP contribution in [-0.2, 0) is 67.0 Å². The lowest BCUT2D eigenvalue weighted by Gasteiger charge is -2.08. The predicted octanol–water partition coefficient (Wildman–Crippen LogP) is 14.2. The van der Waals surface area contributed by atoms with Gasteiger partial charge in [0.15, 0.2) is 11.5 Å². The summed E-state index contributed by atoms with van der Waals surface area (Å²) in [6.45, 7) is 27.7. The maximum atomic E-state index is 11.1. The third kappa shape index (κ3) is 32.8. The molecule has 0 spiro atoms. The lowest BCUT2D eigenvalue weighted by atomic mass is 10.1. The Morgan fingerprint density at radius 3 is 1.39 bits per heavy atom. The Morgan fingerprint density at radius 2 is 1.16 bits per heavy atom. The molecule has 5 unspecified atom stereocenters. The van der Waals surface area contributed by atoms with E-state index >= 15 is 0 Å². The van der Waals surface area contributed by atoms with Crippen LogP contribution < -0.4 is 0 Å². The quantitative estimate of drug-likeness (QED) is 0.222. The Bertz CT molecular complexity index is 2820. The molecular weight excluding hydrogens is 1310 g/mol. The van der Waals surface area contributed by atoms with Gasteiger partial charge in [0.2, 0.25) is 46.0 Å². The number of esters is 1. The average molecular weight is 1390 g/mol.